The van der Waals surface area contributed by atoms with Crippen LogP contribution in [0.4, 0.5) is 22.7 Å². The summed E-state index contributed by atoms with van der Waals surface area (Å²) in [6, 6.07) is 36.1. The van der Waals surface area contributed by atoms with Gasteiger partial charge >= 0.3 is 0 Å². The van der Waals surface area contributed by atoms with E-state index in [1.54, 1.807) is 6.07 Å². The van der Waals surface area contributed by atoms with Crippen LogP contribution in [0.2, 0.25) is 0 Å². The fourth-order valence-electron chi connectivity index (χ4n) is 14.5. The maximum atomic E-state index is 11.7. The molecule has 6 aromatic carbocycles. The summed E-state index contributed by atoms with van der Waals surface area (Å²) in [5.41, 5.74) is 18.7. The number of likely N-dealkylation sites (N-methyl/N-ethyl adjacent to an activating group) is 2. The van der Waals surface area contributed by atoms with Crippen molar-refractivity contribution in [2.24, 2.45) is 0 Å². The molecule has 10 nitrogen and oxygen atoms in total. The highest BCUT2D eigenvalue weighted by atomic mass is 35.5. The minimum Gasteiger partial charge on any atom is -0.744 e. The third-order valence-electron chi connectivity index (χ3n) is 18.9. The highest BCUT2D eigenvalue weighted by Crippen LogP contribution is 2.52. The minimum atomic E-state index is -4.55. The topological polar surface area (TPSA) is 111 Å². The van der Waals surface area contributed by atoms with Crippen molar-refractivity contribution in [2.75, 3.05) is 38.0 Å². The number of benzene rings is 6. The van der Waals surface area contributed by atoms with Crippen molar-refractivity contribution in [2.45, 2.75) is 125 Å². The summed E-state index contributed by atoms with van der Waals surface area (Å²) in [4.78, 5) is 5.12. The summed E-state index contributed by atoms with van der Waals surface area (Å²) in [5, 5.41) is 19.4. The Bertz CT molecular complexity index is 4280. The van der Waals surface area contributed by atoms with Crippen molar-refractivity contribution in [3.8, 4) is 0 Å². The quantitative estimate of drug-likeness (QED) is 0.0435. The van der Waals surface area contributed by atoms with Crippen molar-refractivity contribution in [1.82, 2.24) is 0 Å². The van der Waals surface area contributed by atoms with Crippen LogP contribution in [0.15, 0.2) is 211 Å². The Hall–Kier alpha value is -6.58. The molecule has 0 bridgehead atoms. The van der Waals surface area contributed by atoms with Gasteiger partial charge < -0.3 is 19.6 Å². The number of hydrogen-bond donors (Lipinski definition) is 0. The molecule has 6 aromatic rings. The molecule has 4 heterocycles. The van der Waals surface area contributed by atoms with Gasteiger partial charge in [0.15, 0.2) is 11.4 Å². The van der Waals surface area contributed by atoms with Crippen LogP contribution < -0.4 is 15.1 Å². The van der Waals surface area contributed by atoms with Crippen LogP contribution in [0, 0.1) is 0 Å². The largest absolute Gasteiger partial charge is 0.744 e. The van der Waals surface area contributed by atoms with E-state index in [2.05, 4.69) is 220 Å². The van der Waals surface area contributed by atoms with Crippen molar-refractivity contribution in [3.63, 3.8) is 0 Å². The predicted octanol–water partition coefficient (Wildman–Crippen LogP) is 16.8. The number of nitrogens with zero attached hydrogens (tertiary/aromatic N) is 4. The molecule has 12 rings (SSSR count). The number of anilines is 2. The molecule has 0 spiro atoms. The van der Waals surface area contributed by atoms with Gasteiger partial charge in [0.1, 0.15) is 24.2 Å². The average molecular weight is 1230 g/mol. The van der Waals surface area contributed by atoms with Crippen LogP contribution in [-0.4, -0.2) is 61.7 Å². The van der Waals surface area contributed by atoms with Gasteiger partial charge in [0.05, 0.1) is 27.8 Å². The van der Waals surface area contributed by atoms with E-state index >= 15 is 0 Å². The molecule has 0 unspecified atom stereocenters. The van der Waals surface area contributed by atoms with Crippen LogP contribution in [-0.2, 0) is 41.2 Å². The van der Waals surface area contributed by atoms with E-state index < -0.39 is 10.1 Å². The Morgan fingerprint density at radius 2 is 1.09 bits per heavy atom. The lowest BCUT2D eigenvalue weighted by Gasteiger charge is -2.25. The first-order chi connectivity index (χ1) is 40.8. The van der Waals surface area contributed by atoms with Crippen LogP contribution >= 0.6 is 35.2 Å². The van der Waals surface area contributed by atoms with E-state index in [0.717, 1.165) is 121 Å². The number of para-hydroxylation sites is 2. The van der Waals surface area contributed by atoms with Gasteiger partial charge in [-0.3, -0.25) is 5.04 Å². The highest BCUT2D eigenvalue weighted by Gasteiger charge is 2.46. The Morgan fingerprint density at radius 3 is 1.71 bits per heavy atom. The minimum absolute atomic E-state index is 0.0275. The second-order valence-electron chi connectivity index (χ2n) is 25.4. The van der Waals surface area contributed by atoms with Crippen LogP contribution in [0.5, 0.6) is 0 Å². The summed E-state index contributed by atoms with van der Waals surface area (Å²) in [6.45, 7) is 18.0. The molecule has 0 fully saturated rings. The zero-order valence-corrected chi connectivity index (χ0v) is 54.2. The van der Waals surface area contributed by atoms with E-state index in [-0.39, 0.29) is 26.6 Å². The molecule has 0 aromatic heterocycles. The molecule has 0 saturated carbocycles. The first kappa shape index (κ1) is 61.1. The normalized spacial score (nSPS) is 21.3. The molecule has 0 N–H and O–H groups in total. The van der Waals surface area contributed by atoms with Crippen LogP contribution in [0.25, 0.3) is 21.5 Å². The zero-order valence-electron chi connectivity index (χ0n) is 51.1. The summed E-state index contributed by atoms with van der Waals surface area (Å²) >= 11 is 15.0. The van der Waals surface area contributed by atoms with E-state index in [4.69, 9.17) is 23.2 Å². The highest BCUT2D eigenvalue weighted by molar-refractivity contribution is 7.94. The van der Waals surface area contributed by atoms with Gasteiger partial charge in [-0.2, -0.15) is 13.5 Å². The Labute approximate surface area is 521 Å². The van der Waals surface area contributed by atoms with Gasteiger partial charge in [-0.25, -0.2) is 8.42 Å². The van der Waals surface area contributed by atoms with Crippen molar-refractivity contribution < 1.29 is 36.8 Å². The molecule has 0 amide bonds. The lowest BCUT2D eigenvalue weighted by atomic mass is 9.78. The molecule has 6 aliphatic rings. The predicted molar refractivity (Wildman–Crippen MR) is 351 cm³/mol. The van der Waals surface area contributed by atoms with Gasteiger partial charge in [-0.1, -0.05) is 130 Å². The Kier molecular flexibility index (Phi) is 16.5. The molecular weight excluding hydrogens is 1150 g/mol. The van der Waals surface area contributed by atoms with Crippen LogP contribution in [0.1, 0.15) is 116 Å². The molecule has 0 atom stereocenters. The number of fused-ring (bicyclic) bond motifs is 8. The Morgan fingerprint density at radius 1 is 0.558 bits per heavy atom. The lowest BCUT2D eigenvalue weighted by Crippen LogP contribution is -2.27. The van der Waals surface area contributed by atoms with E-state index in [1.165, 1.54) is 68.4 Å². The first-order valence-electron chi connectivity index (χ1n) is 29.4. The fourth-order valence-corrected chi connectivity index (χ4v) is 16.0. The molecule has 444 valence electrons. The summed E-state index contributed by atoms with van der Waals surface area (Å²) in [6.07, 6.45) is 23.6. The number of halogens is 2. The van der Waals surface area contributed by atoms with Crippen LogP contribution in [0.3, 0.4) is 0 Å². The maximum Gasteiger partial charge on any atom is 0.210 e. The summed E-state index contributed by atoms with van der Waals surface area (Å²) in [5.74, 6) is 0. The van der Waals surface area contributed by atoms with Crippen molar-refractivity contribution in [3.05, 3.63) is 224 Å². The van der Waals surface area contributed by atoms with E-state index in [9.17, 15) is 18.2 Å². The van der Waals surface area contributed by atoms with Gasteiger partial charge in [0, 0.05) is 98.1 Å². The molecule has 4 aliphatic heterocycles. The molecule has 14 heteroatoms. The smallest absolute Gasteiger partial charge is 0.210 e. The summed E-state index contributed by atoms with van der Waals surface area (Å²) < 4.78 is 44.1. The number of allylic oxidation sites excluding steroid dienone is 16. The third-order valence-corrected chi connectivity index (χ3v) is 21.3. The van der Waals surface area contributed by atoms with Crippen molar-refractivity contribution >= 4 is 101 Å². The zero-order chi connectivity index (χ0) is 61.4. The fraction of sp³-hybridized carbons (Fsp3) is 0.306. The van der Waals surface area contributed by atoms with Gasteiger partial charge in [0.25, 0.3) is 0 Å². The second kappa shape index (κ2) is 23.2. The van der Waals surface area contributed by atoms with Crippen molar-refractivity contribution in [1.29, 1.82) is 0 Å². The first-order valence-corrected chi connectivity index (χ1v) is 32.3. The number of rotatable bonds is 10. The maximum absolute atomic E-state index is 11.7. The Balaban J connectivity index is 0.000000191. The average Bonchev–Trinajstić information content (AvgIpc) is 1.62. The molecule has 0 saturated heterocycles. The standard InChI is InChI=1S/C40H39ClN2O6S2.C32H36ClN2/c1-39(2)34(42(5)32-18-10-26-22-28(50-49-48-44)14-16-30(26)36(32)39)20-12-24-8-7-9-25(38(24)41)13-21-35-40(3,4)37-31-17-15-29(51(45,46)47)23-27(31)11-19-33(37)43(35)6;1-31(2)24-14-7-9-16-26(24)34(5)28(31)20-18-22-12-11-13-23(30(22)33)19-21-29-32(3,4)25-15-8-10-17-27(25)35(29)6/h10-23H,7-9H2,1-6H3,(H-,44,45,46,47);7-10,14-21H,11-13H2,1-6H3/q;+1/p-1. The van der Waals surface area contributed by atoms with E-state index in [0.29, 0.717) is 0 Å². The SMILES string of the molecule is CN1C(=CC=C2CCCC(C=CC3=[N+](C)c4ccc5cc(S(=O)(=O)[O-])ccc5c4C3(C)C)=C2Cl)C(C)(C)c2c1ccc1cc(SOO[O-])ccc21.CN1C(=CC=C2CCCC(C=CC3=[N+](C)c4ccccc4C3(C)C)=C2Cl)C(C)(C)c2ccccc21. The third kappa shape index (κ3) is 10.7. The molecular formula is C72H74Cl2N4O6S2. The second-order valence-corrected chi connectivity index (χ2v) is 28.3. The molecule has 0 radical (unpaired) electrons. The molecule has 86 heavy (non-hydrogen) atoms. The van der Waals surface area contributed by atoms with E-state index in [1.807, 2.05) is 31.3 Å². The van der Waals surface area contributed by atoms with Gasteiger partial charge in [-0.05, 0) is 176 Å². The van der Waals surface area contributed by atoms with Gasteiger partial charge in [0.2, 0.25) is 11.4 Å². The lowest BCUT2D eigenvalue weighted by molar-refractivity contribution is -0.777. The molecule has 2 aliphatic carbocycles. The summed E-state index contributed by atoms with van der Waals surface area (Å²) in [7, 11) is 3.92. The monoisotopic (exact) mass is 1220 g/mol. The number of hydrogen-bond acceptors (Lipinski definition) is 9. The van der Waals surface area contributed by atoms with Gasteiger partial charge in [-0.15, -0.1) is 0 Å².